The van der Waals surface area contributed by atoms with E-state index in [1.54, 1.807) is 0 Å². The lowest BCUT2D eigenvalue weighted by Gasteiger charge is -2.07. The average molecular weight is 170 g/mol. The second-order valence-corrected chi connectivity index (χ2v) is 2.03. The predicted molar refractivity (Wildman–Crippen MR) is 43.7 cm³/mol. The van der Waals surface area contributed by atoms with Gasteiger partial charge in [-0.15, -0.1) is 0 Å². The number of nitrogens with zero attached hydrogens (tertiary/aromatic N) is 2. The number of carbonyl (C=O) groups is 1. The van der Waals surface area contributed by atoms with Gasteiger partial charge in [0.1, 0.15) is 0 Å². The Morgan fingerprint density at radius 3 is 2.42 bits per heavy atom. The van der Waals surface area contributed by atoms with E-state index >= 15 is 0 Å². The molecule has 0 aliphatic heterocycles. The third-order valence-corrected chi connectivity index (χ3v) is 1.28. The minimum absolute atomic E-state index is 0.447. The van der Waals surface area contributed by atoms with Crippen LogP contribution in [0.1, 0.15) is 6.92 Å². The van der Waals surface area contributed by atoms with E-state index in [1.165, 1.54) is 20.2 Å². The van der Waals surface area contributed by atoms with E-state index in [-0.39, 0.29) is 0 Å². The molecule has 0 atom stereocenters. The molecule has 5 nitrogen and oxygen atoms in total. The fourth-order valence-corrected chi connectivity index (χ4v) is 0.571. The normalized spacial score (nSPS) is 10.7. The van der Waals surface area contributed by atoms with Crippen molar-refractivity contribution in [1.29, 1.82) is 0 Å². The van der Waals surface area contributed by atoms with E-state index in [9.17, 15) is 14.9 Å². The van der Waals surface area contributed by atoms with Gasteiger partial charge in [0, 0.05) is 7.05 Å². The Hall–Kier alpha value is -1.65. The van der Waals surface area contributed by atoms with Crippen molar-refractivity contribution in [2.75, 3.05) is 7.05 Å². The minimum Gasteiger partial charge on any atom is -0.313 e. The molecule has 0 aromatic heterocycles. The van der Waals surface area contributed by atoms with Crippen LogP contribution in [0.25, 0.3) is 0 Å². The van der Waals surface area contributed by atoms with Crippen molar-refractivity contribution in [2.24, 2.45) is 0 Å². The lowest BCUT2D eigenvalue weighted by atomic mass is 10.4. The molecule has 0 bridgehead atoms. The molecular weight excluding hydrogens is 160 g/mol. The second-order valence-electron chi connectivity index (χ2n) is 2.03. The van der Waals surface area contributed by atoms with Gasteiger partial charge in [-0.1, -0.05) is 6.58 Å². The van der Waals surface area contributed by atoms with Gasteiger partial charge < -0.3 is 4.90 Å². The Labute approximate surface area is 70.1 Å². The van der Waals surface area contributed by atoms with E-state index < -0.39 is 16.5 Å². The molecule has 0 saturated heterocycles. The zero-order valence-electron chi connectivity index (χ0n) is 6.98. The van der Waals surface area contributed by atoms with Gasteiger partial charge in [0.05, 0.1) is 4.92 Å². The van der Waals surface area contributed by atoms with Crippen molar-refractivity contribution < 1.29 is 9.72 Å². The molecule has 5 heteroatoms. The summed E-state index contributed by atoms with van der Waals surface area (Å²) >= 11 is 0. The summed E-state index contributed by atoms with van der Waals surface area (Å²) in [5.74, 6) is -0.669. The molecule has 0 heterocycles. The van der Waals surface area contributed by atoms with Crippen LogP contribution in [-0.2, 0) is 4.79 Å². The smallest absolute Gasteiger partial charge is 0.313 e. The summed E-state index contributed by atoms with van der Waals surface area (Å²) in [6, 6.07) is 0. The molecular formula is C7H10N2O3. The second kappa shape index (κ2) is 4.27. The first-order valence-corrected chi connectivity index (χ1v) is 3.25. The number of allylic oxidation sites excluding steroid dienone is 1. The molecule has 0 radical (unpaired) electrons. The number of carbonyl (C=O) groups excluding carboxylic acids is 1. The first-order chi connectivity index (χ1) is 5.54. The molecule has 12 heavy (non-hydrogen) atoms. The van der Waals surface area contributed by atoms with Crippen LogP contribution in [-0.4, -0.2) is 22.8 Å². The molecule has 66 valence electrons. The molecule has 0 fully saturated rings. The Bertz CT molecular complexity index is 245. The van der Waals surface area contributed by atoms with Gasteiger partial charge in [0.15, 0.2) is 0 Å². The standard InChI is InChI=1S/C7H10N2O3/c1-4-6(9(11)12)7(10)8(3)5-2/h4-5H,2H2,1,3H3/b6-4+. The van der Waals surface area contributed by atoms with E-state index in [1.807, 2.05) is 0 Å². The van der Waals surface area contributed by atoms with Gasteiger partial charge in [0.2, 0.25) is 0 Å². The van der Waals surface area contributed by atoms with Crippen LogP contribution in [0.2, 0.25) is 0 Å². The molecule has 0 unspecified atom stereocenters. The minimum atomic E-state index is -0.720. The maximum absolute atomic E-state index is 11.1. The highest BCUT2D eigenvalue weighted by atomic mass is 16.6. The van der Waals surface area contributed by atoms with Crippen molar-refractivity contribution >= 4 is 5.91 Å². The van der Waals surface area contributed by atoms with E-state index in [0.717, 1.165) is 11.0 Å². The summed E-state index contributed by atoms with van der Waals surface area (Å²) in [6.45, 7) is 4.75. The van der Waals surface area contributed by atoms with Gasteiger partial charge in [0.25, 0.3) is 0 Å². The monoisotopic (exact) mass is 170 g/mol. The number of hydrogen-bond acceptors (Lipinski definition) is 3. The van der Waals surface area contributed by atoms with Crippen molar-refractivity contribution in [3.05, 3.63) is 34.7 Å². The first kappa shape index (κ1) is 10.3. The highest BCUT2D eigenvalue weighted by Gasteiger charge is 2.22. The van der Waals surface area contributed by atoms with Gasteiger partial charge in [-0.05, 0) is 19.2 Å². The van der Waals surface area contributed by atoms with Gasteiger partial charge in [-0.25, -0.2) is 0 Å². The average Bonchev–Trinajstić information content (AvgIpc) is 2.03. The van der Waals surface area contributed by atoms with Crippen molar-refractivity contribution in [1.82, 2.24) is 4.90 Å². The Balaban J connectivity index is 4.67. The Kier molecular flexibility index (Phi) is 3.69. The third kappa shape index (κ3) is 2.19. The van der Waals surface area contributed by atoms with Gasteiger partial charge >= 0.3 is 11.6 Å². The fraction of sp³-hybridized carbons (Fsp3) is 0.286. The number of amides is 1. The molecule has 0 rings (SSSR count). The quantitative estimate of drug-likeness (QED) is 0.357. The molecule has 0 aliphatic rings. The van der Waals surface area contributed by atoms with Crippen LogP contribution in [0, 0.1) is 10.1 Å². The van der Waals surface area contributed by atoms with Crippen molar-refractivity contribution in [3.63, 3.8) is 0 Å². The number of nitro groups is 1. The summed E-state index contributed by atoms with van der Waals surface area (Å²) in [5, 5.41) is 10.2. The van der Waals surface area contributed by atoms with Gasteiger partial charge in [-0.2, -0.15) is 0 Å². The number of rotatable bonds is 3. The Morgan fingerprint density at radius 2 is 2.17 bits per heavy atom. The molecule has 0 aromatic rings. The summed E-state index contributed by atoms with van der Waals surface area (Å²) in [4.78, 5) is 21.7. The van der Waals surface area contributed by atoms with Crippen molar-refractivity contribution in [2.45, 2.75) is 6.92 Å². The molecule has 0 spiro atoms. The first-order valence-electron chi connectivity index (χ1n) is 3.25. The highest BCUT2D eigenvalue weighted by molar-refractivity contribution is 5.91. The highest BCUT2D eigenvalue weighted by Crippen LogP contribution is 2.00. The lowest BCUT2D eigenvalue weighted by Crippen LogP contribution is -2.25. The summed E-state index contributed by atoms with van der Waals surface area (Å²) in [5.41, 5.74) is -0.447. The van der Waals surface area contributed by atoms with Crippen LogP contribution in [0.15, 0.2) is 24.6 Å². The molecule has 0 N–H and O–H groups in total. The largest absolute Gasteiger partial charge is 0.329 e. The predicted octanol–water partition coefficient (Wildman–Crippen LogP) is 0.769. The van der Waals surface area contributed by atoms with Crippen LogP contribution in [0.4, 0.5) is 0 Å². The molecule has 0 aromatic carbocycles. The van der Waals surface area contributed by atoms with Crippen LogP contribution in [0.5, 0.6) is 0 Å². The third-order valence-electron chi connectivity index (χ3n) is 1.28. The summed E-state index contributed by atoms with van der Waals surface area (Å²) in [7, 11) is 1.41. The maximum atomic E-state index is 11.1. The summed E-state index contributed by atoms with van der Waals surface area (Å²) < 4.78 is 0. The number of likely N-dealkylation sites (N-methyl/N-ethyl adjacent to an activating group) is 1. The van der Waals surface area contributed by atoms with E-state index in [0.29, 0.717) is 0 Å². The van der Waals surface area contributed by atoms with Crippen LogP contribution < -0.4 is 0 Å². The molecule has 0 aliphatic carbocycles. The van der Waals surface area contributed by atoms with Crippen LogP contribution in [0.3, 0.4) is 0 Å². The zero-order chi connectivity index (χ0) is 9.72. The molecule has 1 amide bonds. The zero-order valence-corrected chi connectivity index (χ0v) is 6.98. The van der Waals surface area contributed by atoms with Crippen LogP contribution >= 0.6 is 0 Å². The summed E-state index contributed by atoms with van der Waals surface area (Å²) in [6.07, 6.45) is 2.37. The lowest BCUT2D eigenvalue weighted by molar-refractivity contribution is -0.420. The van der Waals surface area contributed by atoms with E-state index in [2.05, 4.69) is 6.58 Å². The maximum Gasteiger partial charge on any atom is 0.329 e. The molecule has 0 saturated carbocycles. The fourth-order valence-electron chi connectivity index (χ4n) is 0.571. The topological polar surface area (TPSA) is 63.5 Å². The van der Waals surface area contributed by atoms with Crippen molar-refractivity contribution in [3.8, 4) is 0 Å². The number of hydrogen-bond donors (Lipinski definition) is 0. The SMILES string of the molecule is C=CN(C)C(=O)/C(=C\C)[N+](=O)[O-]. The van der Waals surface area contributed by atoms with E-state index in [4.69, 9.17) is 0 Å². The Morgan fingerprint density at radius 1 is 1.67 bits per heavy atom. The van der Waals surface area contributed by atoms with Gasteiger partial charge in [-0.3, -0.25) is 14.9 Å².